The van der Waals surface area contributed by atoms with Gasteiger partial charge in [-0.25, -0.2) is 4.79 Å². The van der Waals surface area contributed by atoms with Crippen LogP contribution in [0.2, 0.25) is 0 Å². The highest BCUT2D eigenvalue weighted by atomic mass is 16.6. The van der Waals surface area contributed by atoms with E-state index in [2.05, 4.69) is 36.5 Å². The quantitative estimate of drug-likeness (QED) is 0.395. The molecule has 0 bridgehead atoms. The Balaban J connectivity index is 1.35. The van der Waals surface area contributed by atoms with Crippen molar-refractivity contribution in [2.45, 2.75) is 84.8 Å². The molecule has 4 aliphatic carbocycles. The Bertz CT molecular complexity index is 998. The number of allylic oxidation sites excluding steroid dienone is 4. The van der Waals surface area contributed by atoms with Crippen molar-refractivity contribution in [2.24, 2.45) is 39.2 Å². The molecule has 0 aliphatic heterocycles. The van der Waals surface area contributed by atoms with Crippen molar-refractivity contribution in [1.29, 1.82) is 0 Å². The molecular weight excluding hydrogens is 460 g/mol. The lowest BCUT2D eigenvalue weighted by atomic mass is 9.47. The van der Waals surface area contributed by atoms with Gasteiger partial charge in [0.25, 0.3) is 5.91 Å². The van der Waals surface area contributed by atoms with E-state index in [4.69, 9.17) is 9.94 Å². The maximum absolute atomic E-state index is 12.1. The number of aliphatic carboxylic acids is 1. The second-order valence-corrected chi connectivity index (χ2v) is 12.8. The van der Waals surface area contributed by atoms with E-state index in [0.717, 1.165) is 38.5 Å². The van der Waals surface area contributed by atoms with Crippen LogP contribution in [0.15, 0.2) is 29.0 Å². The highest BCUT2D eigenvalue weighted by molar-refractivity contribution is 6.05. The van der Waals surface area contributed by atoms with Crippen LogP contribution in [0.1, 0.15) is 73.1 Å². The Morgan fingerprint density at radius 2 is 1.89 bits per heavy atom. The van der Waals surface area contributed by atoms with Crippen LogP contribution in [0, 0.1) is 34.0 Å². The molecule has 4 N–H and O–H groups in total. The van der Waals surface area contributed by atoms with Gasteiger partial charge in [0, 0.05) is 17.4 Å². The highest BCUT2D eigenvalue weighted by Gasteiger charge is 2.62. The predicted octanol–water partition coefficient (Wildman–Crippen LogP) is 3.44. The molecule has 0 aromatic rings. The SMILES string of the molecule is CC(C)(CNC(=O)CO/N=C1/C=C[C@@]2(C)C(=C1)CC[C@H]1[C@H]2CC[C@@]2(C)[C@H]1CC[C@]2(C)O)[C@H](O)C(=O)O. The maximum atomic E-state index is 12.1. The van der Waals surface area contributed by atoms with Crippen LogP contribution >= 0.6 is 0 Å². The first kappa shape index (κ1) is 26.9. The number of carbonyl (C=O) groups is 2. The van der Waals surface area contributed by atoms with E-state index in [0.29, 0.717) is 23.5 Å². The fourth-order valence-corrected chi connectivity index (χ4v) is 7.48. The molecule has 0 spiro atoms. The molecule has 0 unspecified atom stereocenters. The molecule has 0 radical (unpaired) electrons. The number of nitrogens with one attached hydrogen (secondary N) is 1. The average Bonchev–Trinajstić information content (AvgIpc) is 3.06. The summed E-state index contributed by atoms with van der Waals surface area (Å²) in [5.74, 6) is -0.0187. The van der Waals surface area contributed by atoms with E-state index in [1.807, 2.05) is 13.0 Å². The molecule has 8 nitrogen and oxygen atoms in total. The Labute approximate surface area is 213 Å². The van der Waals surface area contributed by atoms with Crippen molar-refractivity contribution in [3.8, 4) is 0 Å². The maximum Gasteiger partial charge on any atom is 0.333 e. The first-order valence-electron chi connectivity index (χ1n) is 13.2. The lowest BCUT2D eigenvalue weighted by Gasteiger charge is -2.58. The van der Waals surface area contributed by atoms with E-state index < -0.39 is 29.0 Å². The van der Waals surface area contributed by atoms with Gasteiger partial charge in [-0.2, -0.15) is 0 Å². The molecular formula is C28H42N2O6. The lowest BCUT2D eigenvalue weighted by Crippen LogP contribution is -2.53. The number of aliphatic hydroxyl groups excluding tert-OH is 1. The summed E-state index contributed by atoms with van der Waals surface area (Å²) in [6, 6.07) is 0. The summed E-state index contributed by atoms with van der Waals surface area (Å²) in [5.41, 5.74) is 0.434. The number of oxime groups is 1. The molecule has 8 heteroatoms. The number of hydrogen-bond acceptors (Lipinski definition) is 6. The zero-order valence-electron chi connectivity index (χ0n) is 22.2. The van der Waals surface area contributed by atoms with Crippen molar-refractivity contribution in [1.82, 2.24) is 5.32 Å². The smallest absolute Gasteiger partial charge is 0.333 e. The number of nitrogens with zero attached hydrogens (tertiary/aromatic N) is 1. The molecule has 0 heterocycles. The van der Waals surface area contributed by atoms with E-state index in [1.54, 1.807) is 13.8 Å². The molecule has 4 aliphatic rings. The second-order valence-electron chi connectivity index (χ2n) is 12.8. The molecule has 3 saturated carbocycles. The Morgan fingerprint density at radius 1 is 1.19 bits per heavy atom. The van der Waals surface area contributed by atoms with Gasteiger partial charge in [0.1, 0.15) is 5.71 Å². The normalized spacial score (nSPS) is 39.5. The largest absolute Gasteiger partial charge is 0.479 e. The Morgan fingerprint density at radius 3 is 2.58 bits per heavy atom. The van der Waals surface area contributed by atoms with Crippen molar-refractivity contribution >= 4 is 17.6 Å². The molecule has 0 aromatic carbocycles. The van der Waals surface area contributed by atoms with Crippen LogP contribution in [0.5, 0.6) is 0 Å². The zero-order chi connectivity index (χ0) is 26.5. The van der Waals surface area contributed by atoms with Crippen LogP contribution in [-0.2, 0) is 14.4 Å². The van der Waals surface area contributed by atoms with Crippen molar-refractivity contribution in [3.63, 3.8) is 0 Å². The zero-order valence-corrected chi connectivity index (χ0v) is 22.2. The standard InChI is InChI=1S/C28H42N2O6/c1-25(2,23(32)24(33)34)16-29-22(31)15-36-30-18-8-11-26(3)17(14-18)6-7-19-20(26)9-12-27(4)21(19)10-13-28(27,5)35/h8,11,14,19-21,23,32,35H,6-7,9-10,12-13,15-16H2,1-5H3,(H,29,31)(H,33,34)/b30-18-/t19-,20+,21-,23+,26-,27-,28-/m0/s1. The third kappa shape index (κ3) is 4.51. The van der Waals surface area contributed by atoms with Crippen molar-refractivity contribution < 1.29 is 29.7 Å². The Hall–Kier alpha value is -2.19. The number of carbonyl (C=O) groups excluding carboxylic acids is 1. The van der Waals surface area contributed by atoms with Gasteiger partial charge in [0.05, 0.1) is 5.60 Å². The van der Waals surface area contributed by atoms with Crippen LogP contribution in [0.3, 0.4) is 0 Å². The summed E-state index contributed by atoms with van der Waals surface area (Å²) in [4.78, 5) is 28.4. The number of rotatable bonds is 7. The second kappa shape index (κ2) is 9.28. The number of carboxylic acids is 1. The number of amides is 1. The van der Waals surface area contributed by atoms with Gasteiger partial charge in [-0.15, -0.1) is 0 Å². The van der Waals surface area contributed by atoms with Gasteiger partial charge in [0.15, 0.2) is 12.7 Å². The van der Waals surface area contributed by atoms with Gasteiger partial charge in [-0.05, 0) is 80.8 Å². The lowest BCUT2D eigenvalue weighted by molar-refractivity contribution is -0.153. The van der Waals surface area contributed by atoms with Crippen LogP contribution < -0.4 is 5.32 Å². The number of aliphatic hydroxyl groups is 2. The minimum atomic E-state index is -1.58. The van der Waals surface area contributed by atoms with Gasteiger partial charge in [-0.1, -0.05) is 44.5 Å². The van der Waals surface area contributed by atoms with Gasteiger partial charge >= 0.3 is 5.97 Å². The minimum Gasteiger partial charge on any atom is -0.479 e. The third-order valence-electron chi connectivity index (χ3n) is 10.2. The predicted molar refractivity (Wildman–Crippen MR) is 136 cm³/mol. The summed E-state index contributed by atoms with van der Waals surface area (Å²) in [6.45, 7) is 9.52. The first-order valence-corrected chi connectivity index (χ1v) is 13.2. The molecule has 0 saturated heterocycles. The van der Waals surface area contributed by atoms with E-state index >= 15 is 0 Å². The van der Waals surface area contributed by atoms with Gasteiger partial charge in [0.2, 0.25) is 0 Å². The Kier molecular flexibility index (Phi) is 6.92. The van der Waals surface area contributed by atoms with Crippen molar-refractivity contribution in [3.05, 3.63) is 23.8 Å². The molecule has 7 atom stereocenters. The first-order chi connectivity index (χ1) is 16.7. The topological polar surface area (TPSA) is 128 Å². The summed E-state index contributed by atoms with van der Waals surface area (Å²) in [7, 11) is 0. The highest BCUT2D eigenvalue weighted by Crippen LogP contribution is 2.66. The van der Waals surface area contributed by atoms with Crippen molar-refractivity contribution in [2.75, 3.05) is 13.2 Å². The van der Waals surface area contributed by atoms with Crippen LogP contribution in [0.4, 0.5) is 0 Å². The van der Waals surface area contributed by atoms with Gasteiger partial charge in [-0.3, -0.25) is 4.79 Å². The minimum absolute atomic E-state index is 0.000429. The summed E-state index contributed by atoms with van der Waals surface area (Å²) in [6.07, 6.45) is 11.1. The molecule has 4 rings (SSSR count). The molecule has 36 heavy (non-hydrogen) atoms. The van der Waals surface area contributed by atoms with E-state index in [1.165, 1.54) is 5.57 Å². The van der Waals surface area contributed by atoms with Crippen LogP contribution in [-0.4, -0.2) is 57.8 Å². The fourth-order valence-electron chi connectivity index (χ4n) is 7.48. The number of fused-ring (bicyclic) bond motifs is 5. The molecule has 1 amide bonds. The number of carboxylic acid groups (broad SMARTS) is 1. The summed E-state index contributed by atoms with van der Waals surface area (Å²) < 4.78 is 0. The molecule has 0 aromatic heterocycles. The molecule has 3 fully saturated rings. The van der Waals surface area contributed by atoms with E-state index in [-0.39, 0.29) is 24.0 Å². The monoisotopic (exact) mass is 502 g/mol. The summed E-state index contributed by atoms with van der Waals surface area (Å²) in [5, 5.41) is 36.6. The average molecular weight is 503 g/mol. The van der Waals surface area contributed by atoms with E-state index in [9.17, 15) is 19.8 Å². The third-order valence-corrected chi connectivity index (χ3v) is 10.2. The molecule has 200 valence electrons. The summed E-state index contributed by atoms with van der Waals surface area (Å²) >= 11 is 0. The van der Waals surface area contributed by atoms with Crippen LogP contribution in [0.25, 0.3) is 0 Å². The fraction of sp³-hybridized carbons (Fsp3) is 0.750. The van der Waals surface area contributed by atoms with Gasteiger partial charge < -0.3 is 25.5 Å². The number of hydrogen-bond donors (Lipinski definition) is 4.